The largest absolute Gasteiger partial charge is 0.392 e. The number of benzene rings is 1. The van der Waals surface area contributed by atoms with Crippen LogP contribution in [0.2, 0.25) is 0 Å². The highest BCUT2D eigenvalue weighted by atomic mass is 16.3. The van der Waals surface area contributed by atoms with E-state index in [4.69, 9.17) is 5.11 Å². The van der Waals surface area contributed by atoms with E-state index >= 15 is 0 Å². The Morgan fingerprint density at radius 1 is 1.24 bits per heavy atom. The normalized spacial score (nSPS) is 13.0. The van der Waals surface area contributed by atoms with Gasteiger partial charge in [-0.3, -0.25) is 0 Å². The van der Waals surface area contributed by atoms with Crippen LogP contribution in [0.25, 0.3) is 0 Å². The molecule has 96 valence electrons. The summed E-state index contributed by atoms with van der Waals surface area (Å²) in [6.07, 6.45) is 2.50. The molecule has 1 atom stereocenters. The monoisotopic (exact) mass is 235 g/mol. The van der Waals surface area contributed by atoms with Crippen molar-refractivity contribution in [2.24, 2.45) is 5.92 Å². The first-order valence-electron chi connectivity index (χ1n) is 6.56. The summed E-state index contributed by atoms with van der Waals surface area (Å²) in [4.78, 5) is 0. The quantitative estimate of drug-likeness (QED) is 0.711. The van der Waals surface area contributed by atoms with E-state index < -0.39 is 0 Å². The van der Waals surface area contributed by atoms with Crippen molar-refractivity contribution in [1.82, 2.24) is 5.32 Å². The molecule has 2 nitrogen and oxygen atoms in total. The third-order valence-corrected chi connectivity index (χ3v) is 3.04. The van der Waals surface area contributed by atoms with Crippen LogP contribution in [0, 0.1) is 5.92 Å². The molecule has 0 bridgehead atoms. The van der Waals surface area contributed by atoms with E-state index in [2.05, 4.69) is 38.2 Å². The van der Waals surface area contributed by atoms with Crippen molar-refractivity contribution >= 4 is 0 Å². The lowest BCUT2D eigenvalue weighted by Crippen LogP contribution is -2.20. The van der Waals surface area contributed by atoms with Crippen LogP contribution in [0.15, 0.2) is 24.3 Å². The fourth-order valence-electron chi connectivity index (χ4n) is 1.91. The maximum atomic E-state index is 9.10. The second-order valence-electron chi connectivity index (χ2n) is 5.12. The standard InChI is InChI=1S/C15H25NO/c1-12(2)6-5-9-16-13(3)15-8-4-7-14(10-15)11-17/h4,7-8,10,12-13,16-17H,5-6,9,11H2,1-3H3. The van der Waals surface area contributed by atoms with Gasteiger partial charge in [0.25, 0.3) is 0 Å². The van der Waals surface area contributed by atoms with E-state index in [1.807, 2.05) is 12.1 Å². The second kappa shape index (κ2) is 7.46. The molecule has 0 saturated heterocycles. The average molecular weight is 235 g/mol. The van der Waals surface area contributed by atoms with Crippen LogP contribution < -0.4 is 5.32 Å². The van der Waals surface area contributed by atoms with Crippen molar-refractivity contribution in [1.29, 1.82) is 0 Å². The third kappa shape index (κ3) is 5.33. The molecule has 0 amide bonds. The van der Waals surface area contributed by atoms with Gasteiger partial charge in [-0.1, -0.05) is 38.1 Å². The lowest BCUT2D eigenvalue weighted by atomic mass is 10.0. The van der Waals surface area contributed by atoms with E-state index in [9.17, 15) is 0 Å². The molecule has 1 unspecified atom stereocenters. The van der Waals surface area contributed by atoms with Crippen molar-refractivity contribution < 1.29 is 5.11 Å². The second-order valence-corrected chi connectivity index (χ2v) is 5.12. The van der Waals surface area contributed by atoms with Gasteiger partial charge in [-0.2, -0.15) is 0 Å². The van der Waals surface area contributed by atoms with Crippen molar-refractivity contribution in [3.05, 3.63) is 35.4 Å². The lowest BCUT2D eigenvalue weighted by Gasteiger charge is -2.15. The van der Waals surface area contributed by atoms with E-state index in [0.717, 1.165) is 18.0 Å². The topological polar surface area (TPSA) is 32.3 Å². The predicted octanol–water partition coefficient (Wildman–Crippen LogP) is 3.27. The fraction of sp³-hybridized carbons (Fsp3) is 0.600. The summed E-state index contributed by atoms with van der Waals surface area (Å²) in [5, 5.41) is 12.6. The van der Waals surface area contributed by atoms with Crippen LogP contribution >= 0.6 is 0 Å². The number of nitrogens with one attached hydrogen (secondary N) is 1. The minimum absolute atomic E-state index is 0.119. The van der Waals surface area contributed by atoms with Crippen LogP contribution in [0.3, 0.4) is 0 Å². The molecule has 0 saturated carbocycles. The summed E-state index contributed by atoms with van der Waals surface area (Å²) in [6, 6.07) is 8.50. The van der Waals surface area contributed by atoms with Crippen LogP contribution in [-0.4, -0.2) is 11.7 Å². The Kier molecular flexibility index (Phi) is 6.23. The van der Waals surface area contributed by atoms with Gasteiger partial charge >= 0.3 is 0 Å². The van der Waals surface area contributed by atoms with Gasteiger partial charge in [0.05, 0.1) is 6.61 Å². The molecule has 2 N–H and O–H groups in total. The maximum absolute atomic E-state index is 9.10. The molecule has 1 aromatic carbocycles. The Labute approximate surface area is 105 Å². The van der Waals surface area contributed by atoms with Crippen molar-refractivity contribution in [3.63, 3.8) is 0 Å². The Bertz CT molecular complexity index is 322. The minimum atomic E-state index is 0.119. The number of aliphatic hydroxyl groups excluding tert-OH is 1. The molecule has 0 spiro atoms. The highest BCUT2D eigenvalue weighted by Gasteiger charge is 2.05. The van der Waals surface area contributed by atoms with Crippen LogP contribution in [0.1, 0.15) is 50.8 Å². The van der Waals surface area contributed by atoms with Gasteiger partial charge in [-0.25, -0.2) is 0 Å². The zero-order chi connectivity index (χ0) is 12.7. The summed E-state index contributed by atoms with van der Waals surface area (Å²) in [5.74, 6) is 0.782. The fourth-order valence-corrected chi connectivity index (χ4v) is 1.91. The highest BCUT2D eigenvalue weighted by molar-refractivity contribution is 5.25. The minimum Gasteiger partial charge on any atom is -0.392 e. The van der Waals surface area contributed by atoms with Gasteiger partial charge in [-0.05, 0) is 43.4 Å². The van der Waals surface area contributed by atoms with Gasteiger partial charge in [0, 0.05) is 6.04 Å². The van der Waals surface area contributed by atoms with E-state index in [1.165, 1.54) is 18.4 Å². The summed E-state index contributed by atoms with van der Waals surface area (Å²) < 4.78 is 0. The Hall–Kier alpha value is -0.860. The zero-order valence-electron chi connectivity index (χ0n) is 11.2. The molecule has 0 fully saturated rings. The molecule has 1 rings (SSSR count). The first kappa shape index (κ1) is 14.2. The van der Waals surface area contributed by atoms with E-state index in [0.29, 0.717) is 6.04 Å². The smallest absolute Gasteiger partial charge is 0.0681 e. The summed E-state index contributed by atoms with van der Waals surface area (Å²) in [6.45, 7) is 7.87. The molecule has 0 heterocycles. The van der Waals surface area contributed by atoms with Crippen LogP contribution in [-0.2, 0) is 6.61 Å². The van der Waals surface area contributed by atoms with Crippen LogP contribution in [0.4, 0.5) is 0 Å². The maximum Gasteiger partial charge on any atom is 0.0681 e. The molecule has 0 radical (unpaired) electrons. The molecule has 1 aromatic rings. The number of hydrogen-bond donors (Lipinski definition) is 2. The lowest BCUT2D eigenvalue weighted by molar-refractivity contribution is 0.281. The first-order valence-corrected chi connectivity index (χ1v) is 6.56. The van der Waals surface area contributed by atoms with Gasteiger partial charge in [0.1, 0.15) is 0 Å². The molecule has 17 heavy (non-hydrogen) atoms. The van der Waals surface area contributed by atoms with Gasteiger partial charge in [0.2, 0.25) is 0 Å². The summed E-state index contributed by atoms with van der Waals surface area (Å²) in [7, 11) is 0. The van der Waals surface area contributed by atoms with Crippen LogP contribution in [0.5, 0.6) is 0 Å². The first-order chi connectivity index (χ1) is 8.13. The van der Waals surface area contributed by atoms with E-state index in [1.54, 1.807) is 0 Å². The number of hydrogen-bond acceptors (Lipinski definition) is 2. The molecular weight excluding hydrogens is 210 g/mol. The zero-order valence-corrected chi connectivity index (χ0v) is 11.2. The predicted molar refractivity (Wildman–Crippen MR) is 72.9 cm³/mol. The highest BCUT2D eigenvalue weighted by Crippen LogP contribution is 2.14. The number of aliphatic hydroxyl groups is 1. The van der Waals surface area contributed by atoms with Gasteiger partial charge < -0.3 is 10.4 Å². The third-order valence-electron chi connectivity index (χ3n) is 3.04. The SMILES string of the molecule is CC(C)CCCNC(C)c1cccc(CO)c1. The molecule has 0 aliphatic heterocycles. The Balaban J connectivity index is 2.38. The van der Waals surface area contributed by atoms with Crippen molar-refractivity contribution in [3.8, 4) is 0 Å². The van der Waals surface area contributed by atoms with Crippen molar-refractivity contribution in [2.45, 2.75) is 46.3 Å². The molecule has 0 aromatic heterocycles. The molecule has 0 aliphatic rings. The summed E-state index contributed by atoms with van der Waals surface area (Å²) in [5.41, 5.74) is 2.24. The van der Waals surface area contributed by atoms with Crippen molar-refractivity contribution in [2.75, 3.05) is 6.54 Å². The summed E-state index contributed by atoms with van der Waals surface area (Å²) >= 11 is 0. The Morgan fingerprint density at radius 3 is 2.65 bits per heavy atom. The average Bonchev–Trinajstić information content (AvgIpc) is 2.34. The number of rotatable bonds is 7. The molecular formula is C15H25NO. The van der Waals surface area contributed by atoms with Gasteiger partial charge in [0.15, 0.2) is 0 Å². The van der Waals surface area contributed by atoms with E-state index in [-0.39, 0.29) is 6.61 Å². The molecule has 2 heteroatoms. The molecule has 0 aliphatic carbocycles. The Morgan fingerprint density at radius 2 is 2.00 bits per heavy atom. The van der Waals surface area contributed by atoms with Gasteiger partial charge in [-0.15, -0.1) is 0 Å².